The van der Waals surface area contributed by atoms with Crippen molar-refractivity contribution in [2.24, 2.45) is 11.8 Å². The highest BCUT2D eigenvalue weighted by Crippen LogP contribution is 2.11. The molecule has 2 N–H and O–H groups in total. The molecule has 0 aliphatic heterocycles. The molecule has 0 fully saturated rings. The molecule has 0 aliphatic carbocycles. The summed E-state index contributed by atoms with van der Waals surface area (Å²) in [5.74, 6) is -1.44. The normalized spacial score (nSPS) is 14.1. The number of hydrogen-bond acceptors (Lipinski definition) is 4. The van der Waals surface area contributed by atoms with Gasteiger partial charge in [-0.25, -0.2) is 9.67 Å². The third kappa shape index (κ3) is 4.69. The van der Waals surface area contributed by atoms with Crippen molar-refractivity contribution in [3.05, 3.63) is 12.7 Å². The van der Waals surface area contributed by atoms with E-state index in [1.165, 1.54) is 17.3 Å². The zero-order chi connectivity index (χ0) is 14.4. The van der Waals surface area contributed by atoms with Crippen molar-refractivity contribution in [1.82, 2.24) is 20.1 Å². The molecule has 7 heteroatoms. The van der Waals surface area contributed by atoms with Crippen LogP contribution in [0.15, 0.2) is 12.7 Å². The summed E-state index contributed by atoms with van der Waals surface area (Å²) >= 11 is 0. The first-order valence-corrected chi connectivity index (χ1v) is 6.26. The molecule has 106 valence electrons. The van der Waals surface area contributed by atoms with E-state index in [1.54, 1.807) is 6.92 Å². The number of amides is 1. The largest absolute Gasteiger partial charge is 0.481 e. The van der Waals surface area contributed by atoms with E-state index < -0.39 is 17.9 Å². The molecule has 7 nitrogen and oxygen atoms in total. The van der Waals surface area contributed by atoms with Crippen LogP contribution in [-0.2, 0) is 9.59 Å². The quantitative estimate of drug-likeness (QED) is 0.758. The van der Waals surface area contributed by atoms with Gasteiger partial charge in [0.05, 0.1) is 5.92 Å². The van der Waals surface area contributed by atoms with Crippen molar-refractivity contribution in [1.29, 1.82) is 0 Å². The second-order valence-electron chi connectivity index (χ2n) is 4.96. The second kappa shape index (κ2) is 6.86. The van der Waals surface area contributed by atoms with Gasteiger partial charge >= 0.3 is 5.97 Å². The van der Waals surface area contributed by atoms with Gasteiger partial charge in [-0.1, -0.05) is 13.8 Å². The van der Waals surface area contributed by atoms with Crippen LogP contribution in [-0.4, -0.2) is 38.3 Å². The van der Waals surface area contributed by atoms with Crippen LogP contribution in [0.5, 0.6) is 0 Å². The van der Waals surface area contributed by atoms with Gasteiger partial charge in [-0.15, -0.1) is 0 Å². The van der Waals surface area contributed by atoms with Crippen LogP contribution < -0.4 is 5.32 Å². The van der Waals surface area contributed by atoms with E-state index in [1.807, 2.05) is 13.8 Å². The number of aromatic nitrogens is 3. The average molecular weight is 268 g/mol. The van der Waals surface area contributed by atoms with E-state index in [-0.39, 0.29) is 18.4 Å². The third-order valence-electron chi connectivity index (χ3n) is 2.84. The summed E-state index contributed by atoms with van der Waals surface area (Å²) in [6, 6.07) is -0.504. The lowest BCUT2D eigenvalue weighted by Crippen LogP contribution is -2.37. The predicted molar refractivity (Wildman–Crippen MR) is 68.3 cm³/mol. The van der Waals surface area contributed by atoms with Gasteiger partial charge in [0, 0.05) is 6.54 Å². The highest BCUT2D eigenvalue weighted by Gasteiger charge is 2.22. The second-order valence-corrected chi connectivity index (χ2v) is 4.96. The number of carbonyl (C=O) groups excluding carboxylic acids is 1. The van der Waals surface area contributed by atoms with E-state index in [9.17, 15) is 9.59 Å². The number of carboxylic acid groups (broad SMARTS) is 1. The van der Waals surface area contributed by atoms with Gasteiger partial charge in [0.25, 0.3) is 0 Å². The average Bonchev–Trinajstić information content (AvgIpc) is 2.85. The Balaban J connectivity index is 2.50. The van der Waals surface area contributed by atoms with Crippen LogP contribution in [0, 0.1) is 11.8 Å². The van der Waals surface area contributed by atoms with Crippen molar-refractivity contribution in [3.63, 3.8) is 0 Å². The summed E-state index contributed by atoms with van der Waals surface area (Å²) in [6.07, 6.45) is 3.34. The number of hydrogen-bond donors (Lipinski definition) is 2. The maximum absolute atomic E-state index is 11.9. The molecule has 0 saturated carbocycles. The maximum Gasteiger partial charge on any atom is 0.308 e. The number of aliphatic carboxylic acids is 1. The van der Waals surface area contributed by atoms with E-state index in [4.69, 9.17) is 5.11 Å². The molecule has 0 spiro atoms. The number of nitrogens with zero attached hydrogens (tertiary/aromatic N) is 3. The zero-order valence-corrected chi connectivity index (χ0v) is 11.4. The molecule has 19 heavy (non-hydrogen) atoms. The number of carbonyl (C=O) groups is 2. The molecular formula is C12H20N4O3. The van der Waals surface area contributed by atoms with Crippen molar-refractivity contribution in [3.8, 4) is 0 Å². The Bertz CT molecular complexity index is 417. The Morgan fingerprint density at radius 3 is 2.53 bits per heavy atom. The third-order valence-corrected chi connectivity index (χ3v) is 2.84. The van der Waals surface area contributed by atoms with Gasteiger partial charge in [0.15, 0.2) is 0 Å². The van der Waals surface area contributed by atoms with Crippen LogP contribution in [0.1, 0.15) is 33.2 Å². The minimum absolute atomic E-state index is 0.130. The highest BCUT2D eigenvalue weighted by atomic mass is 16.4. The first-order valence-electron chi connectivity index (χ1n) is 6.26. The summed E-state index contributed by atoms with van der Waals surface area (Å²) in [4.78, 5) is 26.7. The fourth-order valence-corrected chi connectivity index (χ4v) is 1.75. The lowest BCUT2D eigenvalue weighted by atomic mass is 9.97. The fourth-order valence-electron chi connectivity index (χ4n) is 1.75. The monoisotopic (exact) mass is 268 g/mol. The Morgan fingerprint density at radius 1 is 1.37 bits per heavy atom. The molecule has 1 amide bonds. The molecular weight excluding hydrogens is 248 g/mol. The molecule has 0 aromatic carbocycles. The lowest BCUT2D eigenvalue weighted by molar-refractivity contribution is -0.142. The molecule has 1 rings (SSSR count). The first kappa shape index (κ1) is 15.1. The number of nitrogens with one attached hydrogen (secondary N) is 1. The van der Waals surface area contributed by atoms with Crippen molar-refractivity contribution >= 4 is 11.9 Å². The fraction of sp³-hybridized carbons (Fsp3) is 0.667. The Kier molecular flexibility index (Phi) is 5.47. The van der Waals surface area contributed by atoms with Crippen molar-refractivity contribution < 1.29 is 14.7 Å². The van der Waals surface area contributed by atoms with Crippen LogP contribution >= 0.6 is 0 Å². The molecule has 1 heterocycles. The van der Waals surface area contributed by atoms with Crippen LogP contribution in [0.3, 0.4) is 0 Å². The van der Waals surface area contributed by atoms with Gasteiger partial charge < -0.3 is 10.4 Å². The summed E-state index contributed by atoms with van der Waals surface area (Å²) in [5.41, 5.74) is 0. The first-order chi connectivity index (χ1) is 8.91. The maximum atomic E-state index is 11.9. The minimum Gasteiger partial charge on any atom is -0.481 e. The van der Waals surface area contributed by atoms with E-state index in [0.717, 1.165) is 0 Å². The van der Waals surface area contributed by atoms with Crippen molar-refractivity contribution in [2.45, 2.75) is 33.2 Å². The molecule has 1 aromatic rings. The minimum atomic E-state index is -0.887. The topological polar surface area (TPSA) is 97.1 Å². The molecule has 0 aliphatic rings. The Morgan fingerprint density at radius 2 is 2.05 bits per heavy atom. The summed E-state index contributed by atoms with van der Waals surface area (Å²) in [5, 5.41) is 15.6. The Hall–Kier alpha value is -1.92. The summed E-state index contributed by atoms with van der Waals surface area (Å²) < 4.78 is 1.42. The van der Waals surface area contributed by atoms with Gasteiger partial charge in [0.1, 0.15) is 18.7 Å². The van der Waals surface area contributed by atoms with Gasteiger partial charge in [-0.05, 0) is 19.3 Å². The molecule has 2 unspecified atom stereocenters. The van der Waals surface area contributed by atoms with E-state index in [0.29, 0.717) is 6.42 Å². The SMILES string of the molecule is CC(C)CC(CNC(=O)C(C)n1cncn1)C(=O)O. The summed E-state index contributed by atoms with van der Waals surface area (Å²) in [6.45, 7) is 5.72. The molecule has 0 bridgehead atoms. The van der Waals surface area contributed by atoms with Crippen molar-refractivity contribution in [2.75, 3.05) is 6.54 Å². The molecule has 1 aromatic heterocycles. The predicted octanol–water partition coefficient (Wildman–Crippen LogP) is 0.702. The van der Waals surface area contributed by atoms with Gasteiger partial charge in [-0.3, -0.25) is 9.59 Å². The molecule has 0 saturated heterocycles. The number of carboxylic acids is 1. The zero-order valence-electron chi connectivity index (χ0n) is 11.4. The lowest BCUT2D eigenvalue weighted by Gasteiger charge is -2.17. The van der Waals surface area contributed by atoms with Crippen LogP contribution in [0.2, 0.25) is 0 Å². The smallest absolute Gasteiger partial charge is 0.308 e. The van der Waals surface area contributed by atoms with E-state index >= 15 is 0 Å². The number of rotatable bonds is 7. The molecule has 0 radical (unpaired) electrons. The molecule has 2 atom stereocenters. The summed E-state index contributed by atoms with van der Waals surface area (Å²) in [7, 11) is 0. The standard InChI is InChI=1S/C12H20N4O3/c1-8(2)4-10(12(18)19)5-14-11(17)9(3)16-7-13-6-15-16/h6-10H,4-5H2,1-3H3,(H,14,17)(H,18,19). The van der Waals surface area contributed by atoms with E-state index in [2.05, 4.69) is 15.4 Å². The van der Waals surface area contributed by atoms with Gasteiger partial charge in [-0.2, -0.15) is 5.10 Å². The van der Waals surface area contributed by atoms with Crippen LogP contribution in [0.4, 0.5) is 0 Å². The van der Waals surface area contributed by atoms with Crippen LogP contribution in [0.25, 0.3) is 0 Å². The Labute approximate surface area is 112 Å². The highest BCUT2D eigenvalue weighted by molar-refractivity contribution is 5.80. The van der Waals surface area contributed by atoms with Gasteiger partial charge in [0.2, 0.25) is 5.91 Å².